The van der Waals surface area contributed by atoms with Crippen LogP contribution >= 0.6 is 0 Å². The van der Waals surface area contributed by atoms with Gasteiger partial charge in [0.15, 0.2) is 16.6 Å². The van der Waals surface area contributed by atoms with Crippen molar-refractivity contribution in [1.29, 1.82) is 0 Å². The summed E-state index contributed by atoms with van der Waals surface area (Å²) >= 11 is 0. The van der Waals surface area contributed by atoms with Gasteiger partial charge >= 0.3 is 0 Å². The summed E-state index contributed by atoms with van der Waals surface area (Å²) < 4.78 is 12.6. The maximum absolute atomic E-state index is 12.7. The lowest BCUT2D eigenvalue weighted by Gasteiger charge is -2.37. The topological polar surface area (TPSA) is 55.8 Å². The van der Waals surface area contributed by atoms with Crippen molar-refractivity contribution in [3.05, 3.63) is 0 Å². The van der Waals surface area contributed by atoms with Crippen LogP contribution in [-0.4, -0.2) is 46.3 Å². The van der Waals surface area contributed by atoms with Gasteiger partial charge in [-0.2, -0.15) is 0 Å². The zero-order valence-electron chi connectivity index (χ0n) is 28.2. The van der Waals surface area contributed by atoms with Crippen LogP contribution in [0.3, 0.4) is 0 Å². The second-order valence-electron chi connectivity index (χ2n) is 15.9. The molecular formula is C32H68O4Si2. The van der Waals surface area contributed by atoms with Gasteiger partial charge in [0.1, 0.15) is 5.78 Å². The fourth-order valence-corrected chi connectivity index (χ4v) is 6.28. The van der Waals surface area contributed by atoms with E-state index < -0.39 is 22.2 Å². The van der Waals surface area contributed by atoms with E-state index >= 15 is 0 Å². The van der Waals surface area contributed by atoms with E-state index in [0.29, 0.717) is 30.6 Å². The third-order valence-corrected chi connectivity index (χ3v) is 18.7. The van der Waals surface area contributed by atoms with Crippen molar-refractivity contribution in [2.45, 2.75) is 169 Å². The molecule has 0 aliphatic heterocycles. The Morgan fingerprint density at radius 1 is 0.711 bits per heavy atom. The third-order valence-electron chi connectivity index (χ3n) is 9.61. The molecule has 0 fully saturated rings. The number of hydrogen-bond donors (Lipinski definition) is 1. The van der Waals surface area contributed by atoms with Crippen LogP contribution in [0.25, 0.3) is 0 Å². The molecule has 4 nitrogen and oxygen atoms in total. The lowest BCUT2D eigenvalue weighted by molar-refractivity contribution is -0.123. The number of ketones is 1. The Kier molecular flexibility index (Phi) is 15.8. The second-order valence-corrected chi connectivity index (χ2v) is 25.5. The van der Waals surface area contributed by atoms with E-state index in [-0.39, 0.29) is 16.0 Å². The fraction of sp³-hybridized carbons (Fsp3) is 0.969. The van der Waals surface area contributed by atoms with E-state index in [9.17, 15) is 9.90 Å². The molecule has 0 saturated heterocycles. The first kappa shape index (κ1) is 38.0. The average Bonchev–Trinajstić information content (AvgIpc) is 2.74. The maximum atomic E-state index is 12.7. The van der Waals surface area contributed by atoms with E-state index in [1.54, 1.807) is 0 Å². The molecule has 228 valence electrons. The smallest absolute Gasteiger partial charge is 0.191 e. The molecule has 0 aliphatic carbocycles. The Labute approximate surface area is 240 Å². The van der Waals surface area contributed by atoms with Gasteiger partial charge < -0.3 is 14.0 Å². The van der Waals surface area contributed by atoms with Gasteiger partial charge in [-0.15, -0.1) is 0 Å². The van der Waals surface area contributed by atoms with E-state index in [1.807, 2.05) is 6.92 Å². The lowest BCUT2D eigenvalue weighted by Crippen LogP contribution is -2.41. The van der Waals surface area contributed by atoms with Crippen molar-refractivity contribution in [1.82, 2.24) is 0 Å². The molecule has 0 radical (unpaired) electrons. The summed E-state index contributed by atoms with van der Waals surface area (Å²) in [6.45, 7) is 32.9. The normalized spacial score (nSPS) is 17.7. The van der Waals surface area contributed by atoms with Gasteiger partial charge in [-0.05, 0) is 87.1 Å². The third kappa shape index (κ3) is 15.1. The minimum absolute atomic E-state index is 0.0716. The number of Topliss-reactive ketones (excluding diaryl/α,β-unsaturated/α-hetero) is 1. The summed E-state index contributed by atoms with van der Waals surface area (Å²) in [5, 5.41) is 11.4. The minimum Gasteiger partial charge on any atom is -0.417 e. The Balaban J connectivity index is 4.18. The van der Waals surface area contributed by atoms with Crippen LogP contribution in [0.15, 0.2) is 0 Å². The summed E-state index contributed by atoms with van der Waals surface area (Å²) in [7, 11) is -3.43. The van der Waals surface area contributed by atoms with Crippen molar-refractivity contribution < 1.29 is 18.8 Å². The van der Waals surface area contributed by atoms with Crippen LogP contribution in [0.1, 0.15) is 127 Å². The molecule has 0 saturated carbocycles. The summed E-state index contributed by atoms with van der Waals surface area (Å²) in [6, 6.07) is 0. The van der Waals surface area contributed by atoms with E-state index in [4.69, 9.17) is 8.85 Å². The molecule has 0 aromatic heterocycles. The number of hydrogen-bond acceptors (Lipinski definition) is 4. The van der Waals surface area contributed by atoms with Gasteiger partial charge in [-0.3, -0.25) is 4.79 Å². The number of aliphatic hydroxyl groups is 1. The standard InChI is InChI=1S/C32H68O4Si2/c1-26(19-20-29(33)28(3)21-24-35-37(11,12)30(4,5)6)17-15-22-32(10,34)23-16-18-27(2)25-36-38(13,14)31(7,8)9/h26-28,34H,15-25H2,1-14H3/t26-,27-,28-,32-/m1/s1. The number of carbonyl (C=O) groups is 1. The molecule has 0 aliphatic rings. The van der Waals surface area contributed by atoms with Crippen LogP contribution in [0.4, 0.5) is 0 Å². The minimum atomic E-state index is -1.74. The van der Waals surface area contributed by atoms with Gasteiger partial charge in [-0.25, -0.2) is 0 Å². The van der Waals surface area contributed by atoms with Crippen molar-refractivity contribution in [3.8, 4) is 0 Å². The highest BCUT2D eigenvalue weighted by Crippen LogP contribution is 2.38. The van der Waals surface area contributed by atoms with Gasteiger partial charge in [-0.1, -0.05) is 81.6 Å². The molecule has 0 rings (SSSR count). The van der Waals surface area contributed by atoms with E-state index in [1.165, 1.54) is 0 Å². The molecule has 0 bridgehead atoms. The zero-order chi connectivity index (χ0) is 30.0. The van der Waals surface area contributed by atoms with Gasteiger partial charge in [0.05, 0.1) is 5.60 Å². The Morgan fingerprint density at radius 2 is 1.16 bits per heavy atom. The van der Waals surface area contributed by atoms with Crippen LogP contribution in [0.5, 0.6) is 0 Å². The SMILES string of the molecule is C[C@H](CCC[C@@](C)(O)CCC[C@@H](C)CO[Si](C)(C)C(C)(C)C)CCC(=O)[C@H](C)CCO[Si](C)(C)C(C)(C)C. The molecule has 4 atom stereocenters. The first-order chi connectivity index (χ1) is 17.0. The molecule has 1 N–H and O–H groups in total. The Bertz CT molecular complexity index is 674. The number of carbonyl (C=O) groups excluding carboxylic acids is 1. The molecule has 0 unspecified atom stereocenters. The summed E-state index contributed by atoms with van der Waals surface area (Å²) in [6.07, 6.45) is 8.33. The van der Waals surface area contributed by atoms with Crippen LogP contribution < -0.4 is 0 Å². The molecular weight excluding hydrogens is 505 g/mol. The van der Waals surface area contributed by atoms with Gasteiger partial charge in [0, 0.05) is 25.6 Å². The second kappa shape index (κ2) is 15.8. The molecule has 0 heterocycles. The number of rotatable bonds is 19. The summed E-state index contributed by atoms with van der Waals surface area (Å²) in [5.74, 6) is 1.48. The van der Waals surface area contributed by atoms with Crippen molar-refractivity contribution >= 4 is 22.4 Å². The quantitative estimate of drug-likeness (QED) is 0.156. The highest BCUT2D eigenvalue weighted by Gasteiger charge is 2.38. The predicted octanol–water partition coefficient (Wildman–Crippen LogP) is 9.77. The molecule has 6 heteroatoms. The monoisotopic (exact) mass is 572 g/mol. The molecule has 0 aromatic carbocycles. The maximum Gasteiger partial charge on any atom is 0.191 e. The predicted molar refractivity (Wildman–Crippen MR) is 171 cm³/mol. The van der Waals surface area contributed by atoms with Gasteiger partial charge in [0.2, 0.25) is 0 Å². The first-order valence-electron chi connectivity index (χ1n) is 15.5. The lowest BCUT2D eigenvalue weighted by atomic mass is 9.88. The molecule has 0 spiro atoms. The summed E-state index contributed by atoms with van der Waals surface area (Å²) in [4.78, 5) is 12.7. The van der Waals surface area contributed by atoms with Crippen LogP contribution in [0, 0.1) is 17.8 Å². The van der Waals surface area contributed by atoms with Crippen molar-refractivity contribution in [2.75, 3.05) is 13.2 Å². The molecule has 0 aromatic rings. The van der Waals surface area contributed by atoms with Crippen LogP contribution in [-0.2, 0) is 13.6 Å². The van der Waals surface area contributed by atoms with Gasteiger partial charge in [0.25, 0.3) is 0 Å². The first-order valence-corrected chi connectivity index (χ1v) is 21.4. The van der Waals surface area contributed by atoms with E-state index in [0.717, 1.165) is 58.0 Å². The highest BCUT2D eigenvalue weighted by molar-refractivity contribution is 6.74. The Morgan fingerprint density at radius 3 is 1.63 bits per heavy atom. The fourth-order valence-electron chi connectivity index (χ4n) is 4.09. The van der Waals surface area contributed by atoms with E-state index in [2.05, 4.69) is 88.5 Å². The average molecular weight is 573 g/mol. The zero-order valence-corrected chi connectivity index (χ0v) is 30.2. The highest BCUT2D eigenvalue weighted by atomic mass is 28.4. The molecule has 38 heavy (non-hydrogen) atoms. The molecule has 0 amide bonds. The summed E-state index contributed by atoms with van der Waals surface area (Å²) in [5.41, 5.74) is -0.603. The van der Waals surface area contributed by atoms with Crippen LogP contribution in [0.2, 0.25) is 36.3 Å². The largest absolute Gasteiger partial charge is 0.417 e. The van der Waals surface area contributed by atoms with Crippen molar-refractivity contribution in [3.63, 3.8) is 0 Å². The Hall–Kier alpha value is -0.0162. The van der Waals surface area contributed by atoms with Crippen molar-refractivity contribution in [2.24, 2.45) is 17.8 Å².